The average Bonchev–Trinajstić information content (AvgIpc) is 2.96. The predicted molar refractivity (Wildman–Crippen MR) is 95.5 cm³/mol. The molecule has 0 bridgehead atoms. The van der Waals surface area contributed by atoms with E-state index in [1.807, 2.05) is 0 Å². The van der Waals surface area contributed by atoms with Gasteiger partial charge in [-0.25, -0.2) is 0 Å². The standard InChI is InChI=1S/C21H25NO/c1-21(2,3)22-19(16-10-5-4-6-11-16)18-14-13-15-9-7-8-12-17(15)20(18)23-22/h7-10,12-14,19H,4-6,11H2,1-3H3. The van der Waals surface area contributed by atoms with E-state index in [1.54, 1.807) is 0 Å². The molecular weight excluding hydrogens is 282 g/mol. The second kappa shape index (κ2) is 5.38. The lowest BCUT2D eigenvalue weighted by atomic mass is 9.87. The van der Waals surface area contributed by atoms with Gasteiger partial charge in [0.25, 0.3) is 0 Å². The summed E-state index contributed by atoms with van der Waals surface area (Å²) >= 11 is 0. The molecule has 1 heterocycles. The molecule has 2 aromatic rings. The molecule has 1 aliphatic heterocycles. The number of fused-ring (bicyclic) bond motifs is 3. The van der Waals surface area contributed by atoms with Crippen molar-refractivity contribution in [2.24, 2.45) is 0 Å². The summed E-state index contributed by atoms with van der Waals surface area (Å²) in [5.41, 5.74) is 2.82. The fourth-order valence-electron chi connectivity index (χ4n) is 3.84. The summed E-state index contributed by atoms with van der Waals surface area (Å²) in [5, 5.41) is 4.68. The third-order valence-electron chi connectivity index (χ3n) is 4.97. The Hall–Kier alpha value is -1.80. The van der Waals surface area contributed by atoms with Gasteiger partial charge in [-0.15, -0.1) is 5.06 Å². The van der Waals surface area contributed by atoms with E-state index in [2.05, 4.69) is 68.3 Å². The first-order valence-electron chi connectivity index (χ1n) is 8.73. The number of hydrogen-bond acceptors (Lipinski definition) is 2. The van der Waals surface area contributed by atoms with E-state index in [0.29, 0.717) is 0 Å². The Morgan fingerprint density at radius 3 is 2.61 bits per heavy atom. The van der Waals surface area contributed by atoms with E-state index < -0.39 is 0 Å². The smallest absolute Gasteiger partial charge is 0.160 e. The molecule has 0 fully saturated rings. The van der Waals surface area contributed by atoms with Gasteiger partial charge in [0.1, 0.15) is 0 Å². The lowest BCUT2D eigenvalue weighted by Gasteiger charge is -2.36. The highest BCUT2D eigenvalue weighted by Crippen LogP contribution is 2.49. The maximum absolute atomic E-state index is 6.44. The molecule has 23 heavy (non-hydrogen) atoms. The number of allylic oxidation sites excluding steroid dienone is 1. The predicted octanol–water partition coefficient (Wildman–Crippen LogP) is 5.79. The first-order valence-corrected chi connectivity index (χ1v) is 8.73. The van der Waals surface area contributed by atoms with Crippen LogP contribution in [0.2, 0.25) is 0 Å². The topological polar surface area (TPSA) is 12.5 Å². The Balaban J connectivity index is 1.89. The molecule has 1 unspecified atom stereocenters. The molecule has 2 heteroatoms. The molecule has 0 saturated heterocycles. The van der Waals surface area contributed by atoms with Crippen LogP contribution in [-0.4, -0.2) is 10.6 Å². The summed E-state index contributed by atoms with van der Waals surface area (Å²) in [5.74, 6) is 1.05. The van der Waals surface area contributed by atoms with E-state index >= 15 is 0 Å². The maximum Gasteiger partial charge on any atom is 0.160 e. The van der Waals surface area contributed by atoms with Crippen molar-refractivity contribution in [1.82, 2.24) is 5.06 Å². The number of nitrogens with zero attached hydrogens (tertiary/aromatic N) is 1. The lowest BCUT2D eigenvalue weighted by Crippen LogP contribution is -2.43. The normalized spacial score (nSPS) is 21.9. The minimum Gasteiger partial charge on any atom is -0.404 e. The molecule has 0 saturated carbocycles. The minimum atomic E-state index is -0.0386. The van der Waals surface area contributed by atoms with Crippen LogP contribution in [0.15, 0.2) is 48.0 Å². The molecule has 1 atom stereocenters. The Kier molecular flexibility index (Phi) is 3.46. The van der Waals surface area contributed by atoms with E-state index in [1.165, 1.54) is 47.6 Å². The van der Waals surface area contributed by atoms with Crippen LogP contribution in [0, 0.1) is 0 Å². The molecule has 1 aliphatic carbocycles. The molecule has 0 radical (unpaired) electrons. The van der Waals surface area contributed by atoms with Crippen molar-refractivity contribution in [1.29, 1.82) is 0 Å². The Bertz CT molecular complexity index is 769. The number of hydrogen-bond donors (Lipinski definition) is 0. The Labute approximate surface area is 138 Å². The molecule has 0 amide bonds. The van der Waals surface area contributed by atoms with Crippen LogP contribution in [0.5, 0.6) is 5.75 Å². The van der Waals surface area contributed by atoms with Crippen molar-refractivity contribution < 1.29 is 4.84 Å². The summed E-state index contributed by atoms with van der Waals surface area (Å²) < 4.78 is 0. The molecule has 2 aromatic carbocycles. The van der Waals surface area contributed by atoms with Crippen molar-refractivity contribution in [3.63, 3.8) is 0 Å². The van der Waals surface area contributed by atoms with Crippen molar-refractivity contribution in [2.45, 2.75) is 58.0 Å². The molecule has 120 valence electrons. The van der Waals surface area contributed by atoms with Crippen molar-refractivity contribution >= 4 is 10.8 Å². The van der Waals surface area contributed by atoms with E-state index in [0.717, 1.165) is 5.75 Å². The summed E-state index contributed by atoms with van der Waals surface area (Å²) in [6.07, 6.45) is 7.45. The van der Waals surface area contributed by atoms with Gasteiger partial charge in [-0.2, -0.15) is 0 Å². The third kappa shape index (κ3) is 2.46. The number of rotatable bonds is 1. The first kappa shape index (κ1) is 14.8. The van der Waals surface area contributed by atoms with Crippen LogP contribution in [0.4, 0.5) is 0 Å². The van der Waals surface area contributed by atoms with E-state index in [9.17, 15) is 0 Å². The lowest BCUT2D eigenvalue weighted by molar-refractivity contribution is -0.129. The molecule has 0 aromatic heterocycles. The zero-order chi connectivity index (χ0) is 16.0. The zero-order valence-electron chi connectivity index (χ0n) is 14.3. The second-order valence-corrected chi connectivity index (χ2v) is 7.72. The largest absolute Gasteiger partial charge is 0.404 e. The number of hydroxylamine groups is 2. The molecule has 4 rings (SSSR count). The fourth-order valence-corrected chi connectivity index (χ4v) is 3.84. The van der Waals surface area contributed by atoms with Gasteiger partial charge in [0.2, 0.25) is 0 Å². The number of benzene rings is 2. The minimum absolute atomic E-state index is 0.0386. The molecule has 0 spiro atoms. The zero-order valence-corrected chi connectivity index (χ0v) is 14.3. The Morgan fingerprint density at radius 1 is 1.04 bits per heavy atom. The van der Waals surface area contributed by atoms with Gasteiger partial charge in [0.15, 0.2) is 5.75 Å². The summed E-state index contributed by atoms with van der Waals surface area (Å²) in [6, 6.07) is 13.3. The molecule has 2 nitrogen and oxygen atoms in total. The summed E-state index contributed by atoms with van der Waals surface area (Å²) in [7, 11) is 0. The van der Waals surface area contributed by atoms with Crippen LogP contribution in [0.1, 0.15) is 58.1 Å². The van der Waals surface area contributed by atoms with E-state index in [4.69, 9.17) is 4.84 Å². The van der Waals surface area contributed by atoms with Crippen molar-refractivity contribution in [3.05, 3.63) is 53.6 Å². The van der Waals surface area contributed by atoms with Crippen molar-refractivity contribution in [2.75, 3.05) is 0 Å². The maximum atomic E-state index is 6.44. The van der Waals surface area contributed by atoms with Crippen LogP contribution in [-0.2, 0) is 0 Å². The summed E-state index contributed by atoms with van der Waals surface area (Å²) in [6.45, 7) is 6.70. The highest BCUT2D eigenvalue weighted by atomic mass is 16.7. The molecule has 0 N–H and O–H groups in total. The SMILES string of the molecule is CC(C)(C)N1Oc2c(ccc3ccccc23)C1C1=CCCCC1. The van der Waals surface area contributed by atoms with Gasteiger partial charge in [0.05, 0.1) is 6.04 Å². The fraction of sp³-hybridized carbons (Fsp3) is 0.429. The first-order chi connectivity index (χ1) is 11.1. The quantitative estimate of drug-likeness (QED) is 0.618. The van der Waals surface area contributed by atoms with Gasteiger partial charge >= 0.3 is 0 Å². The van der Waals surface area contributed by atoms with Gasteiger partial charge < -0.3 is 4.84 Å². The highest BCUT2D eigenvalue weighted by Gasteiger charge is 2.42. The van der Waals surface area contributed by atoms with Gasteiger partial charge in [-0.3, -0.25) is 0 Å². The van der Waals surface area contributed by atoms with Crippen LogP contribution in [0.3, 0.4) is 0 Å². The highest BCUT2D eigenvalue weighted by molar-refractivity contribution is 5.90. The van der Waals surface area contributed by atoms with Gasteiger partial charge in [-0.05, 0) is 57.4 Å². The van der Waals surface area contributed by atoms with Crippen molar-refractivity contribution in [3.8, 4) is 5.75 Å². The van der Waals surface area contributed by atoms with Gasteiger partial charge in [-0.1, -0.05) is 42.5 Å². The van der Waals surface area contributed by atoms with Gasteiger partial charge in [0, 0.05) is 16.5 Å². The van der Waals surface area contributed by atoms with Crippen LogP contribution in [0.25, 0.3) is 10.8 Å². The summed E-state index contributed by atoms with van der Waals surface area (Å²) in [4.78, 5) is 6.44. The molecular formula is C21H25NO. The monoisotopic (exact) mass is 307 g/mol. The second-order valence-electron chi connectivity index (χ2n) is 7.72. The van der Waals surface area contributed by atoms with Crippen LogP contribution < -0.4 is 4.84 Å². The van der Waals surface area contributed by atoms with Crippen LogP contribution >= 0.6 is 0 Å². The molecule has 2 aliphatic rings. The average molecular weight is 307 g/mol. The van der Waals surface area contributed by atoms with E-state index in [-0.39, 0.29) is 11.6 Å². The third-order valence-corrected chi connectivity index (χ3v) is 4.97. The Morgan fingerprint density at radius 2 is 1.87 bits per heavy atom.